The van der Waals surface area contributed by atoms with Crippen LogP contribution in [0.1, 0.15) is 62.3 Å². The van der Waals surface area contributed by atoms with E-state index < -0.39 is 12.3 Å². The van der Waals surface area contributed by atoms with Gasteiger partial charge in [0.15, 0.2) is 6.29 Å². The number of rotatable bonds is 11. The number of benzene rings is 5. The summed E-state index contributed by atoms with van der Waals surface area (Å²) in [5.74, 6) is -0.398. The quantitative estimate of drug-likeness (QED) is 0.123. The summed E-state index contributed by atoms with van der Waals surface area (Å²) >= 11 is 1.62. The number of aliphatic hydroxyl groups excluding tert-OH is 1. The lowest BCUT2D eigenvalue weighted by Gasteiger charge is -2.41. The summed E-state index contributed by atoms with van der Waals surface area (Å²) in [4.78, 5) is 24.9. The van der Waals surface area contributed by atoms with Crippen LogP contribution in [0.2, 0.25) is 0 Å². The zero-order valence-electron chi connectivity index (χ0n) is 26.5. The highest BCUT2D eigenvalue weighted by Gasteiger charge is 2.38. The van der Waals surface area contributed by atoms with E-state index >= 15 is 0 Å². The van der Waals surface area contributed by atoms with Crippen molar-refractivity contribution < 1.29 is 29.3 Å². The molecule has 4 atom stereocenters. The van der Waals surface area contributed by atoms with Gasteiger partial charge in [-0.3, -0.25) is 4.79 Å². The molecule has 0 radical (unpaired) electrons. The molecule has 1 aliphatic rings. The van der Waals surface area contributed by atoms with Crippen LogP contribution in [0.3, 0.4) is 0 Å². The van der Waals surface area contributed by atoms with Gasteiger partial charge in [-0.15, -0.1) is 11.8 Å². The van der Waals surface area contributed by atoms with Crippen LogP contribution in [0.25, 0.3) is 11.1 Å². The van der Waals surface area contributed by atoms with Crippen molar-refractivity contribution in [3.05, 3.63) is 161 Å². The smallest absolute Gasteiger partial charge is 0.335 e. The van der Waals surface area contributed by atoms with Crippen molar-refractivity contribution in [3.8, 4) is 11.1 Å². The van der Waals surface area contributed by atoms with Crippen LogP contribution in [-0.2, 0) is 22.6 Å². The Balaban J connectivity index is 1.20. The molecule has 1 fully saturated rings. The molecule has 1 saturated heterocycles. The Morgan fingerprint density at radius 1 is 0.750 bits per heavy atom. The second-order valence-electron chi connectivity index (χ2n) is 11.8. The van der Waals surface area contributed by atoms with Crippen molar-refractivity contribution >= 4 is 23.6 Å². The van der Waals surface area contributed by atoms with Crippen LogP contribution in [0.15, 0.2) is 132 Å². The van der Waals surface area contributed by atoms with Gasteiger partial charge < -0.3 is 25.0 Å². The van der Waals surface area contributed by atoms with E-state index in [0.29, 0.717) is 17.9 Å². The molecule has 0 aliphatic carbocycles. The number of aromatic carboxylic acids is 1. The Morgan fingerprint density at radius 2 is 1.42 bits per heavy atom. The van der Waals surface area contributed by atoms with Crippen LogP contribution < -0.4 is 5.32 Å². The molecule has 48 heavy (non-hydrogen) atoms. The van der Waals surface area contributed by atoms with Gasteiger partial charge in [0.05, 0.1) is 24.4 Å². The Kier molecular flexibility index (Phi) is 10.7. The summed E-state index contributed by atoms with van der Waals surface area (Å²) in [7, 11) is 0. The van der Waals surface area contributed by atoms with Crippen LogP contribution >= 0.6 is 11.8 Å². The number of carboxylic acid groups (broad SMARTS) is 1. The van der Waals surface area contributed by atoms with E-state index in [1.807, 2.05) is 84.9 Å². The average molecular weight is 660 g/mol. The number of aliphatic hydroxyl groups is 1. The fourth-order valence-corrected chi connectivity index (χ4v) is 6.89. The van der Waals surface area contributed by atoms with Crippen molar-refractivity contribution in [1.82, 2.24) is 5.32 Å². The van der Waals surface area contributed by atoms with Gasteiger partial charge in [-0.25, -0.2) is 4.79 Å². The first-order valence-electron chi connectivity index (χ1n) is 15.9. The second kappa shape index (κ2) is 15.4. The summed E-state index contributed by atoms with van der Waals surface area (Å²) in [6.07, 6.45) is -1.02. The SMILES string of the molecule is C[C@H]1[C@@H](CSc2ccc(C(=O)O)cc2)O[C@@H](c2ccc(-c3ccccc3CNC(=O)c3ccccc3)cc2)O[C@H]1c1ccc(CO)cc1. The van der Waals surface area contributed by atoms with E-state index in [2.05, 4.69) is 30.4 Å². The van der Waals surface area contributed by atoms with Crippen molar-refractivity contribution in [1.29, 1.82) is 0 Å². The monoisotopic (exact) mass is 659 g/mol. The minimum Gasteiger partial charge on any atom is -0.478 e. The lowest BCUT2D eigenvalue weighted by atomic mass is 9.91. The molecule has 1 amide bonds. The number of thioether (sulfide) groups is 1. The van der Waals surface area contributed by atoms with E-state index in [0.717, 1.165) is 38.3 Å². The third-order valence-corrected chi connectivity index (χ3v) is 9.73. The predicted octanol–water partition coefficient (Wildman–Crippen LogP) is 8.06. The Morgan fingerprint density at radius 3 is 2.10 bits per heavy atom. The zero-order chi connectivity index (χ0) is 33.5. The predicted molar refractivity (Wildman–Crippen MR) is 187 cm³/mol. The molecule has 5 aromatic carbocycles. The maximum Gasteiger partial charge on any atom is 0.335 e. The van der Waals surface area contributed by atoms with Crippen molar-refractivity contribution in [2.24, 2.45) is 5.92 Å². The fraction of sp³-hybridized carbons (Fsp3) is 0.200. The summed E-state index contributed by atoms with van der Waals surface area (Å²) in [6.45, 7) is 2.49. The van der Waals surface area contributed by atoms with Crippen molar-refractivity contribution in [2.45, 2.75) is 43.5 Å². The van der Waals surface area contributed by atoms with E-state index in [9.17, 15) is 19.8 Å². The van der Waals surface area contributed by atoms with Gasteiger partial charge in [-0.05, 0) is 64.2 Å². The average Bonchev–Trinajstić information content (AvgIpc) is 3.14. The van der Waals surface area contributed by atoms with E-state index in [1.54, 1.807) is 36.0 Å². The summed E-state index contributed by atoms with van der Waals surface area (Å²) in [6, 6.07) is 40.1. The molecule has 1 heterocycles. The molecular weight excluding hydrogens is 623 g/mol. The Hall–Kier alpha value is -4.73. The number of carbonyl (C=O) groups is 2. The summed E-state index contributed by atoms with van der Waals surface area (Å²) in [5.41, 5.74) is 6.66. The highest BCUT2D eigenvalue weighted by molar-refractivity contribution is 7.99. The maximum absolute atomic E-state index is 12.7. The normalized spacial score (nSPS) is 19.0. The van der Waals surface area contributed by atoms with Gasteiger partial charge in [-0.1, -0.05) is 97.9 Å². The number of carbonyl (C=O) groups excluding carboxylic acids is 1. The minimum absolute atomic E-state index is 0.0178. The lowest BCUT2D eigenvalue weighted by molar-refractivity contribution is -0.268. The third-order valence-electron chi connectivity index (χ3n) is 8.63. The van der Waals surface area contributed by atoms with Gasteiger partial charge in [0.25, 0.3) is 5.91 Å². The number of hydrogen-bond donors (Lipinski definition) is 3. The first kappa shape index (κ1) is 33.2. The highest BCUT2D eigenvalue weighted by atomic mass is 32.2. The van der Waals surface area contributed by atoms with Crippen LogP contribution in [0.4, 0.5) is 0 Å². The minimum atomic E-state index is -0.949. The summed E-state index contributed by atoms with van der Waals surface area (Å²) in [5, 5.41) is 21.9. The highest BCUT2D eigenvalue weighted by Crippen LogP contribution is 2.43. The number of nitrogens with one attached hydrogen (secondary N) is 1. The van der Waals surface area contributed by atoms with E-state index in [1.165, 1.54) is 0 Å². The van der Waals surface area contributed by atoms with Crippen LogP contribution in [-0.4, -0.2) is 33.9 Å². The van der Waals surface area contributed by atoms with Gasteiger partial charge in [0, 0.05) is 34.2 Å². The molecule has 0 aromatic heterocycles. The molecular formula is C40H37NO6S. The molecule has 244 valence electrons. The lowest BCUT2D eigenvalue weighted by Crippen LogP contribution is -2.38. The molecule has 0 bridgehead atoms. The van der Waals surface area contributed by atoms with Crippen molar-refractivity contribution in [2.75, 3.05) is 5.75 Å². The van der Waals surface area contributed by atoms with Gasteiger partial charge >= 0.3 is 5.97 Å². The molecule has 0 unspecified atom stereocenters. The van der Waals surface area contributed by atoms with Crippen LogP contribution in [0.5, 0.6) is 0 Å². The van der Waals surface area contributed by atoms with Gasteiger partial charge in [0.2, 0.25) is 0 Å². The number of amides is 1. The second-order valence-corrected chi connectivity index (χ2v) is 12.9. The number of hydrogen-bond acceptors (Lipinski definition) is 6. The maximum atomic E-state index is 12.7. The third kappa shape index (κ3) is 7.86. The Labute approximate surface area is 284 Å². The molecule has 0 spiro atoms. The van der Waals surface area contributed by atoms with Gasteiger partial charge in [0.1, 0.15) is 0 Å². The van der Waals surface area contributed by atoms with E-state index in [-0.39, 0.29) is 36.2 Å². The van der Waals surface area contributed by atoms with Gasteiger partial charge in [-0.2, -0.15) is 0 Å². The molecule has 8 heteroatoms. The largest absolute Gasteiger partial charge is 0.478 e. The molecule has 0 saturated carbocycles. The number of ether oxygens (including phenoxy) is 2. The summed E-state index contributed by atoms with van der Waals surface area (Å²) < 4.78 is 13.3. The molecule has 7 nitrogen and oxygen atoms in total. The molecule has 6 rings (SSSR count). The molecule has 5 aromatic rings. The van der Waals surface area contributed by atoms with Crippen molar-refractivity contribution in [3.63, 3.8) is 0 Å². The standard InChI is InChI=1S/C40H37NO6S/c1-26-36(25-48-34-21-19-31(20-22-34)39(44)45)46-40(47-37(26)29-13-11-27(24-42)12-14-29)32-17-15-28(16-18-32)35-10-6-5-9-33(35)23-41-38(43)30-7-3-2-4-8-30/h2-22,26,36-37,40,42H,23-25H2,1H3,(H,41,43)(H,44,45)/t26-,36+,37+,40+/m0/s1. The zero-order valence-corrected chi connectivity index (χ0v) is 27.3. The fourth-order valence-electron chi connectivity index (χ4n) is 5.82. The van der Waals surface area contributed by atoms with Crippen LogP contribution in [0, 0.1) is 5.92 Å². The van der Waals surface area contributed by atoms with E-state index in [4.69, 9.17) is 9.47 Å². The number of carboxylic acids is 1. The molecule has 3 N–H and O–H groups in total. The topological polar surface area (TPSA) is 105 Å². The first-order valence-corrected chi connectivity index (χ1v) is 16.9. The first-order chi connectivity index (χ1) is 23.4. The Bertz CT molecular complexity index is 1830. The molecule has 1 aliphatic heterocycles.